The summed E-state index contributed by atoms with van der Waals surface area (Å²) in [4.78, 5) is 20.8. The number of nitrogens with one attached hydrogen (secondary N) is 1. The van der Waals surface area contributed by atoms with Gasteiger partial charge in [0.15, 0.2) is 0 Å². The van der Waals surface area contributed by atoms with Gasteiger partial charge in [0.1, 0.15) is 16.9 Å². The van der Waals surface area contributed by atoms with E-state index < -0.39 is 5.92 Å². The maximum atomic E-state index is 13.3. The fourth-order valence-corrected chi connectivity index (χ4v) is 3.72. The highest BCUT2D eigenvalue weighted by Gasteiger charge is 2.36. The Morgan fingerprint density at radius 3 is 2.55 bits per heavy atom. The molecular weight excluding hydrogens is 378 g/mol. The lowest BCUT2D eigenvalue weighted by atomic mass is 10.1. The Kier molecular flexibility index (Phi) is 4.18. The van der Waals surface area contributed by atoms with Crippen molar-refractivity contribution in [2.75, 3.05) is 18.0 Å². The average Bonchev–Trinajstić information content (AvgIpc) is 3.44. The topological polar surface area (TPSA) is 78.0 Å². The molecule has 3 heterocycles. The molecule has 0 radical (unpaired) electrons. The van der Waals surface area contributed by atoms with Gasteiger partial charge in [0.05, 0.1) is 5.56 Å². The van der Waals surface area contributed by atoms with E-state index in [4.69, 9.17) is 0 Å². The number of piperidine rings is 1. The third kappa shape index (κ3) is 3.52. The number of carbonyl (C=O) groups is 1. The van der Waals surface area contributed by atoms with E-state index in [-0.39, 0.29) is 31.8 Å². The van der Waals surface area contributed by atoms with Gasteiger partial charge in [-0.25, -0.2) is 13.8 Å². The minimum Gasteiger partial charge on any atom is -0.338 e. The number of aromatic nitrogens is 4. The number of pyridine rings is 1. The first kappa shape index (κ1) is 18.0. The van der Waals surface area contributed by atoms with Crippen LogP contribution in [0.4, 0.5) is 20.3 Å². The zero-order valence-corrected chi connectivity index (χ0v) is 15.7. The third-order valence-electron chi connectivity index (χ3n) is 5.51. The van der Waals surface area contributed by atoms with Gasteiger partial charge in [-0.1, -0.05) is 0 Å². The molecule has 7 nitrogen and oxygen atoms in total. The summed E-state index contributed by atoms with van der Waals surface area (Å²) in [6.45, 7) is 0.138. The standard InChI is InChI=1S/C20H20F2N6O/c21-20(22)7-9-27(10-8-20)19(29)13-1-6-18(23-12-13)28(14-2-3-14)15-4-5-16-17(11-15)25-26-24-16/h1,4-6,11-12,14H,2-3,7-10H2,(H,24,25,26). The van der Waals surface area contributed by atoms with E-state index in [1.165, 1.54) is 11.1 Å². The fraction of sp³-hybridized carbons (Fsp3) is 0.400. The van der Waals surface area contributed by atoms with Crippen LogP contribution in [0.1, 0.15) is 36.0 Å². The normalized spacial score (nSPS) is 18.8. The first-order valence-electron chi connectivity index (χ1n) is 9.73. The molecule has 2 aromatic heterocycles. The number of anilines is 2. The van der Waals surface area contributed by atoms with Crippen LogP contribution in [0.5, 0.6) is 0 Å². The van der Waals surface area contributed by atoms with Gasteiger partial charge < -0.3 is 9.80 Å². The second kappa shape index (κ2) is 6.75. The van der Waals surface area contributed by atoms with Gasteiger partial charge in [0, 0.05) is 43.9 Å². The molecule has 0 unspecified atom stereocenters. The fourth-order valence-electron chi connectivity index (χ4n) is 3.72. The van der Waals surface area contributed by atoms with Crippen LogP contribution in [-0.4, -0.2) is 56.3 Å². The van der Waals surface area contributed by atoms with Crippen LogP contribution < -0.4 is 4.90 Å². The molecule has 1 N–H and O–H groups in total. The van der Waals surface area contributed by atoms with Gasteiger partial charge in [-0.15, -0.1) is 0 Å². The maximum Gasteiger partial charge on any atom is 0.255 e. The zero-order valence-electron chi connectivity index (χ0n) is 15.7. The van der Waals surface area contributed by atoms with Crippen molar-refractivity contribution in [1.82, 2.24) is 25.3 Å². The summed E-state index contributed by atoms with van der Waals surface area (Å²) in [5.41, 5.74) is 2.97. The van der Waals surface area contributed by atoms with Crippen molar-refractivity contribution in [2.45, 2.75) is 37.6 Å². The van der Waals surface area contributed by atoms with Gasteiger partial charge in [-0.05, 0) is 43.2 Å². The molecule has 1 aliphatic carbocycles. The Morgan fingerprint density at radius 1 is 1.10 bits per heavy atom. The van der Waals surface area contributed by atoms with E-state index in [0.717, 1.165) is 35.4 Å². The minimum atomic E-state index is -2.67. The molecule has 3 aromatic rings. The number of H-pyrrole nitrogens is 1. The zero-order chi connectivity index (χ0) is 20.0. The van der Waals surface area contributed by atoms with Gasteiger partial charge in [-0.3, -0.25) is 4.79 Å². The second-order valence-electron chi connectivity index (χ2n) is 7.65. The van der Waals surface area contributed by atoms with Gasteiger partial charge in [-0.2, -0.15) is 15.4 Å². The molecule has 1 amide bonds. The molecule has 5 rings (SSSR count). The van der Waals surface area contributed by atoms with Crippen LogP contribution in [0.15, 0.2) is 36.5 Å². The Bertz CT molecular complexity index is 1040. The first-order chi connectivity index (χ1) is 14.0. The Labute approximate surface area is 165 Å². The monoisotopic (exact) mass is 398 g/mol. The SMILES string of the molecule is O=C(c1ccc(N(c2ccc3n[nH]nc3c2)C2CC2)nc1)N1CCC(F)(F)CC1. The minimum absolute atomic E-state index is 0.0689. The summed E-state index contributed by atoms with van der Waals surface area (Å²) in [6, 6.07) is 9.76. The number of amides is 1. The molecule has 2 aliphatic rings. The van der Waals surface area contributed by atoms with E-state index in [9.17, 15) is 13.6 Å². The molecule has 0 atom stereocenters. The van der Waals surface area contributed by atoms with E-state index >= 15 is 0 Å². The van der Waals surface area contributed by atoms with Gasteiger partial charge in [0.25, 0.3) is 11.8 Å². The third-order valence-corrected chi connectivity index (χ3v) is 5.51. The van der Waals surface area contributed by atoms with Crippen molar-refractivity contribution >= 4 is 28.4 Å². The number of aromatic amines is 1. The van der Waals surface area contributed by atoms with Gasteiger partial charge in [0.2, 0.25) is 0 Å². The smallest absolute Gasteiger partial charge is 0.255 e. The number of hydrogen-bond donors (Lipinski definition) is 1. The largest absolute Gasteiger partial charge is 0.338 e. The van der Waals surface area contributed by atoms with Crippen molar-refractivity contribution in [1.29, 1.82) is 0 Å². The molecule has 0 bridgehead atoms. The van der Waals surface area contributed by atoms with Crippen LogP contribution in [-0.2, 0) is 0 Å². The number of benzene rings is 1. The predicted molar refractivity (Wildman–Crippen MR) is 103 cm³/mol. The summed E-state index contributed by atoms with van der Waals surface area (Å²) >= 11 is 0. The number of nitrogens with zero attached hydrogens (tertiary/aromatic N) is 5. The molecule has 1 saturated carbocycles. The molecular formula is C20H20F2N6O. The molecule has 2 fully saturated rings. The maximum absolute atomic E-state index is 13.3. The lowest BCUT2D eigenvalue weighted by molar-refractivity contribution is -0.0494. The molecule has 1 aromatic carbocycles. The number of likely N-dealkylation sites (tertiary alicyclic amines) is 1. The average molecular weight is 398 g/mol. The number of rotatable bonds is 4. The summed E-state index contributed by atoms with van der Waals surface area (Å²) in [5.74, 6) is -2.17. The highest BCUT2D eigenvalue weighted by Crippen LogP contribution is 2.38. The number of fused-ring (bicyclic) bond motifs is 1. The lowest BCUT2D eigenvalue weighted by Crippen LogP contribution is -2.42. The van der Waals surface area contributed by atoms with Crippen molar-refractivity contribution in [3.63, 3.8) is 0 Å². The summed E-state index contributed by atoms with van der Waals surface area (Å²) in [5, 5.41) is 10.8. The highest BCUT2D eigenvalue weighted by molar-refractivity contribution is 5.94. The van der Waals surface area contributed by atoms with Crippen LogP contribution >= 0.6 is 0 Å². The van der Waals surface area contributed by atoms with Crippen molar-refractivity contribution in [3.8, 4) is 0 Å². The number of carbonyl (C=O) groups excluding carboxylic acids is 1. The van der Waals surface area contributed by atoms with E-state index in [1.807, 2.05) is 24.3 Å². The summed E-state index contributed by atoms with van der Waals surface area (Å²) < 4.78 is 26.7. The van der Waals surface area contributed by atoms with E-state index in [1.54, 1.807) is 6.07 Å². The predicted octanol–water partition coefficient (Wildman–Crippen LogP) is 3.52. The van der Waals surface area contributed by atoms with Crippen LogP contribution in [0.3, 0.4) is 0 Å². The van der Waals surface area contributed by atoms with E-state index in [2.05, 4.69) is 25.3 Å². The van der Waals surface area contributed by atoms with Crippen LogP contribution in [0.25, 0.3) is 11.0 Å². The molecule has 1 saturated heterocycles. The molecule has 150 valence electrons. The summed E-state index contributed by atoms with van der Waals surface area (Å²) in [7, 11) is 0. The molecule has 0 spiro atoms. The number of halogens is 2. The Balaban J connectivity index is 1.37. The first-order valence-corrected chi connectivity index (χ1v) is 9.73. The number of alkyl halides is 2. The molecule has 9 heteroatoms. The Morgan fingerprint density at radius 2 is 1.86 bits per heavy atom. The van der Waals surface area contributed by atoms with Crippen LogP contribution in [0, 0.1) is 0 Å². The van der Waals surface area contributed by atoms with Crippen molar-refractivity contribution in [3.05, 3.63) is 42.1 Å². The lowest BCUT2D eigenvalue weighted by Gasteiger charge is -2.31. The molecule has 29 heavy (non-hydrogen) atoms. The number of hydrogen-bond acceptors (Lipinski definition) is 5. The quantitative estimate of drug-likeness (QED) is 0.728. The van der Waals surface area contributed by atoms with Crippen molar-refractivity contribution < 1.29 is 13.6 Å². The van der Waals surface area contributed by atoms with Gasteiger partial charge >= 0.3 is 0 Å². The van der Waals surface area contributed by atoms with Crippen molar-refractivity contribution in [2.24, 2.45) is 0 Å². The Hall–Kier alpha value is -3.10. The highest BCUT2D eigenvalue weighted by atomic mass is 19.3. The molecule has 1 aliphatic heterocycles. The van der Waals surface area contributed by atoms with Crippen LogP contribution in [0.2, 0.25) is 0 Å². The second-order valence-corrected chi connectivity index (χ2v) is 7.65. The van der Waals surface area contributed by atoms with E-state index in [0.29, 0.717) is 11.6 Å². The summed E-state index contributed by atoms with van der Waals surface area (Å²) in [6.07, 6.45) is 3.10.